The number of carbonyl (C=O) groups is 1. The predicted molar refractivity (Wildman–Crippen MR) is 112 cm³/mol. The maximum atomic E-state index is 12.8. The van der Waals surface area contributed by atoms with Crippen molar-refractivity contribution < 1.29 is 13.9 Å². The van der Waals surface area contributed by atoms with E-state index < -0.39 is 0 Å². The first-order valence-corrected chi connectivity index (χ1v) is 10.4. The van der Waals surface area contributed by atoms with Crippen molar-refractivity contribution in [2.75, 3.05) is 39.8 Å². The third-order valence-corrected chi connectivity index (χ3v) is 6.17. The van der Waals surface area contributed by atoms with E-state index in [2.05, 4.69) is 17.9 Å². The molecular weight excluding hydrogens is 352 g/mol. The molecule has 1 saturated heterocycles. The highest BCUT2D eigenvalue weighted by molar-refractivity contribution is 5.97. The van der Waals surface area contributed by atoms with Crippen LogP contribution in [-0.4, -0.2) is 55.5 Å². The Hall–Kier alpha value is -2.27. The first kappa shape index (κ1) is 19.1. The molecule has 0 unspecified atom stereocenters. The molecule has 1 aliphatic carbocycles. The Balaban J connectivity index is 1.63. The van der Waals surface area contributed by atoms with Gasteiger partial charge in [0.2, 0.25) is 5.91 Å². The van der Waals surface area contributed by atoms with Gasteiger partial charge in [-0.15, -0.1) is 0 Å². The van der Waals surface area contributed by atoms with Gasteiger partial charge in [0.25, 0.3) is 0 Å². The monoisotopic (exact) mass is 382 g/mol. The lowest BCUT2D eigenvalue weighted by molar-refractivity contribution is -0.127. The van der Waals surface area contributed by atoms with Gasteiger partial charge in [-0.3, -0.25) is 4.79 Å². The number of aryl methyl sites for hydroxylation is 2. The number of rotatable bonds is 4. The number of benzene rings is 1. The third kappa shape index (κ3) is 3.55. The van der Waals surface area contributed by atoms with E-state index in [4.69, 9.17) is 9.15 Å². The minimum Gasteiger partial charge on any atom is -0.496 e. The first-order valence-electron chi connectivity index (χ1n) is 10.4. The van der Waals surface area contributed by atoms with Crippen LogP contribution < -0.4 is 4.74 Å². The van der Waals surface area contributed by atoms with Crippen LogP contribution in [0.25, 0.3) is 16.5 Å². The lowest BCUT2D eigenvalue weighted by Gasteiger charge is -2.33. The highest BCUT2D eigenvalue weighted by atomic mass is 16.5. The van der Waals surface area contributed by atoms with Gasteiger partial charge in [-0.2, -0.15) is 0 Å². The summed E-state index contributed by atoms with van der Waals surface area (Å²) in [4.78, 5) is 17.1. The molecule has 0 bridgehead atoms. The van der Waals surface area contributed by atoms with Gasteiger partial charge in [0.1, 0.15) is 17.1 Å². The number of carbonyl (C=O) groups excluding carboxylic acids is 1. The largest absolute Gasteiger partial charge is 0.496 e. The molecule has 0 atom stereocenters. The number of methoxy groups -OCH3 is 1. The van der Waals surface area contributed by atoms with Crippen LogP contribution in [-0.2, 0) is 17.6 Å². The highest BCUT2D eigenvalue weighted by Crippen LogP contribution is 2.37. The topological polar surface area (TPSA) is 45.9 Å². The molecule has 1 aliphatic heterocycles. The molecule has 5 heteroatoms. The van der Waals surface area contributed by atoms with Crippen LogP contribution in [0.5, 0.6) is 5.75 Å². The lowest BCUT2D eigenvalue weighted by atomic mass is 9.94. The molecule has 0 N–H and O–H groups in total. The quantitative estimate of drug-likeness (QED) is 0.753. The van der Waals surface area contributed by atoms with Crippen LogP contribution in [0.4, 0.5) is 0 Å². The van der Waals surface area contributed by atoms with Crippen LogP contribution in [0.3, 0.4) is 0 Å². The Morgan fingerprint density at radius 2 is 1.93 bits per heavy atom. The summed E-state index contributed by atoms with van der Waals surface area (Å²) in [7, 11) is 1.67. The van der Waals surface area contributed by atoms with Gasteiger partial charge in [-0.25, -0.2) is 0 Å². The lowest BCUT2D eigenvalue weighted by Crippen LogP contribution is -2.48. The van der Waals surface area contributed by atoms with E-state index in [0.29, 0.717) is 0 Å². The molecule has 1 amide bonds. The van der Waals surface area contributed by atoms with Crippen molar-refractivity contribution in [1.82, 2.24) is 9.80 Å². The number of allylic oxidation sites excluding steroid dienone is 1. The molecule has 0 radical (unpaired) electrons. The number of fused-ring (bicyclic) bond motifs is 3. The van der Waals surface area contributed by atoms with E-state index in [0.717, 1.165) is 73.8 Å². The van der Waals surface area contributed by atoms with Crippen molar-refractivity contribution in [3.05, 3.63) is 35.1 Å². The van der Waals surface area contributed by atoms with Crippen molar-refractivity contribution in [2.24, 2.45) is 0 Å². The summed E-state index contributed by atoms with van der Waals surface area (Å²) in [6.07, 6.45) is 6.24. The second kappa shape index (κ2) is 8.00. The molecular formula is C23H30N2O3. The van der Waals surface area contributed by atoms with Gasteiger partial charge in [0.15, 0.2) is 0 Å². The van der Waals surface area contributed by atoms with Crippen molar-refractivity contribution in [3.63, 3.8) is 0 Å². The Bertz CT molecular complexity index is 904. The average molecular weight is 383 g/mol. The van der Waals surface area contributed by atoms with Crippen LogP contribution >= 0.6 is 0 Å². The molecule has 150 valence electrons. The molecule has 28 heavy (non-hydrogen) atoms. The normalized spacial score (nSPS) is 18.4. The summed E-state index contributed by atoms with van der Waals surface area (Å²) in [5.41, 5.74) is 4.14. The summed E-state index contributed by atoms with van der Waals surface area (Å²) < 4.78 is 11.7. The molecule has 1 aromatic carbocycles. The fourth-order valence-corrected chi connectivity index (χ4v) is 4.41. The maximum Gasteiger partial charge on any atom is 0.246 e. The third-order valence-electron chi connectivity index (χ3n) is 6.17. The number of amides is 1. The van der Waals surface area contributed by atoms with E-state index in [1.54, 1.807) is 13.2 Å². The van der Waals surface area contributed by atoms with Gasteiger partial charge >= 0.3 is 0 Å². The zero-order chi connectivity index (χ0) is 19.7. The number of nitrogens with zero attached hydrogens (tertiary/aromatic N) is 2. The van der Waals surface area contributed by atoms with Crippen molar-refractivity contribution in [2.45, 2.75) is 39.5 Å². The zero-order valence-electron chi connectivity index (χ0n) is 17.2. The standard InChI is InChI=1S/C23H30N2O3/c1-4-24-9-11-25(12-10-24)23(26)13-16(2)18-14-19-17-7-5-6-8-20(17)28-22(19)15-21(18)27-3/h13-15H,4-12H2,1-3H3/b16-13+. The number of hydrogen-bond acceptors (Lipinski definition) is 4. The van der Waals surface area contributed by atoms with Gasteiger partial charge in [-0.1, -0.05) is 6.92 Å². The summed E-state index contributed by atoms with van der Waals surface area (Å²) in [6, 6.07) is 4.13. The molecule has 5 nitrogen and oxygen atoms in total. The van der Waals surface area contributed by atoms with Crippen LogP contribution in [0.1, 0.15) is 43.6 Å². The van der Waals surface area contributed by atoms with Crippen LogP contribution in [0, 0.1) is 0 Å². The van der Waals surface area contributed by atoms with Crippen LogP contribution in [0.2, 0.25) is 0 Å². The smallest absolute Gasteiger partial charge is 0.246 e. The van der Waals surface area contributed by atoms with E-state index in [9.17, 15) is 4.79 Å². The van der Waals surface area contributed by atoms with E-state index >= 15 is 0 Å². The maximum absolute atomic E-state index is 12.8. The Morgan fingerprint density at radius 1 is 1.18 bits per heavy atom. The molecule has 2 aliphatic rings. The highest BCUT2D eigenvalue weighted by Gasteiger charge is 2.22. The zero-order valence-corrected chi connectivity index (χ0v) is 17.2. The molecule has 2 heterocycles. The molecule has 1 fully saturated rings. The van der Waals surface area contributed by atoms with E-state index in [1.165, 1.54) is 23.8 Å². The number of furan rings is 1. The number of hydrogen-bond donors (Lipinski definition) is 0. The van der Waals surface area contributed by atoms with E-state index in [-0.39, 0.29) is 5.91 Å². The Labute approximate surface area is 166 Å². The summed E-state index contributed by atoms with van der Waals surface area (Å²) >= 11 is 0. The van der Waals surface area contributed by atoms with Gasteiger partial charge < -0.3 is 19.0 Å². The molecule has 4 rings (SSSR count). The van der Waals surface area contributed by atoms with E-state index in [1.807, 2.05) is 17.9 Å². The number of piperazine rings is 1. The molecule has 2 aromatic rings. The molecule has 0 spiro atoms. The second-order valence-electron chi connectivity index (χ2n) is 7.85. The summed E-state index contributed by atoms with van der Waals surface area (Å²) in [5, 5.41) is 1.17. The summed E-state index contributed by atoms with van der Waals surface area (Å²) in [5.74, 6) is 1.97. The molecule has 1 aromatic heterocycles. The minimum atomic E-state index is 0.0876. The number of likely N-dealkylation sites (N-methyl/N-ethyl adjacent to an activating group) is 1. The Morgan fingerprint density at radius 3 is 2.64 bits per heavy atom. The van der Waals surface area contributed by atoms with Gasteiger partial charge in [-0.05, 0) is 44.4 Å². The predicted octanol–water partition coefficient (Wildman–Crippen LogP) is 3.89. The second-order valence-corrected chi connectivity index (χ2v) is 7.85. The summed E-state index contributed by atoms with van der Waals surface area (Å²) in [6.45, 7) is 8.69. The fourth-order valence-electron chi connectivity index (χ4n) is 4.41. The van der Waals surface area contributed by atoms with Gasteiger partial charge in [0.05, 0.1) is 7.11 Å². The first-order chi connectivity index (χ1) is 13.6. The van der Waals surface area contributed by atoms with Crippen molar-refractivity contribution >= 4 is 22.4 Å². The number of ether oxygens (including phenoxy) is 1. The fraction of sp³-hybridized carbons (Fsp3) is 0.522. The van der Waals surface area contributed by atoms with Crippen molar-refractivity contribution in [1.29, 1.82) is 0 Å². The SMILES string of the molecule is CCN1CCN(C(=O)/C=C(\C)c2cc3c4c(oc3cc2OC)CCCC4)CC1. The Kier molecular flexibility index (Phi) is 5.44. The van der Waals surface area contributed by atoms with Gasteiger partial charge in [0, 0.05) is 61.3 Å². The molecule has 0 saturated carbocycles. The minimum absolute atomic E-state index is 0.0876. The average Bonchev–Trinajstić information content (AvgIpc) is 3.10. The van der Waals surface area contributed by atoms with Crippen molar-refractivity contribution in [3.8, 4) is 5.75 Å². The van der Waals surface area contributed by atoms with Crippen LogP contribution in [0.15, 0.2) is 22.6 Å².